The van der Waals surface area contributed by atoms with Gasteiger partial charge in [0.25, 0.3) is 0 Å². The molecule has 0 radical (unpaired) electrons. The van der Waals surface area contributed by atoms with Crippen LogP contribution in [0.25, 0.3) is 0 Å². The van der Waals surface area contributed by atoms with Gasteiger partial charge in [-0.3, -0.25) is 0 Å². The molecule has 0 bridgehead atoms. The molecular weight excluding hydrogens is 254 g/mol. The van der Waals surface area contributed by atoms with Gasteiger partial charge >= 0.3 is 0 Å². The second kappa shape index (κ2) is 5.57. The highest BCUT2D eigenvalue weighted by molar-refractivity contribution is 5.66. The molecule has 0 aliphatic carbocycles. The van der Waals surface area contributed by atoms with Crippen molar-refractivity contribution in [3.63, 3.8) is 0 Å². The third kappa shape index (κ3) is 2.54. The normalized spacial score (nSPS) is 12.8. The molecule has 0 amide bonds. The topological polar surface area (TPSA) is 53.7 Å². The summed E-state index contributed by atoms with van der Waals surface area (Å²) in [5, 5.41) is 0. The number of fused-ring (bicyclic) bond motifs is 1. The fourth-order valence-corrected chi connectivity index (χ4v) is 1.95. The molecule has 1 aliphatic heterocycles. The molecule has 102 valence electrons. The van der Waals surface area contributed by atoms with Crippen molar-refractivity contribution >= 4 is 5.69 Å². The zero-order chi connectivity index (χ0) is 13.8. The van der Waals surface area contributed by atoms with E-state index in [-0.39, 0.29) is 0 Å². The standard InChI is InChI=1S/C16H15NO3/c17-13-7-8-14(16-15(13)18-9-4-10-19-16)20-11-12-5-2-1-3-6-12/h1-9H,10-11,17H2. The molecule has 2 aromatic carbocycles. The van der Waals surface area contributed by atoms with Gasteiger partial charge < -0.3 is 19.9 Å². The van der Waals surface area contributed by atoms with Crippen molar-refractivity contribution in [2.45, 2.75) is 6.61 Å². The van der Waals surface area contributed by atoms with Crippen LogP contribution in [0, 0.1) is 0 Å². The summed E-state index contributed by atoms with van der Waals surface area (Å²) < 4.78 is 16.9. The van der Waals surface area contributed by atoms with Crippen LogP contribution in [0.5, 0.6) is 17.2 Å². The van der Waals surface area contributed by atoms with Crippen molar-refractivity contribution in [1.82, 2.24) is 0 Å². The average Bonchev–Trinajstić information content (AvgIpc) is 2.74. The van der Waals surface area contributed by atoms with Gasteiger partial charge in [-0.05, 0) is 23.8 Å². The van der Waals surface area contributed by atoms with Crippen LogP contribution in [0.2, 0.25) is 0 Å². The minimum Gasteiger partial charge on any atom is -0.485 e. The summed E-state index contributed by atoms with van der Waals surface area (Å²) in [4.78, 5) is 0. The molecule has 4 nitrogen and oxygen atoms in total. The molecule has 2 N–H and O–H groups in total. The summed E-state index contributed by atoms with van der Waals surface area (Å²) >= 11 is 0. The predicted octanol–water partition coefficient (Wildman–Crippen LogP) is 3.13. The van der Waals surface area contributed by atoms with Crippen molar-refractivity contribution in [2.24, 2.45) is 0 Å². The van der Waals surface area contributed by atoms with Crippen LogP contribution < -0.4 is 19.9 Å². The first kappa shape index (κ1) is 12.4. The number of rotatable bonds is 3. The summed E-state index contributed by atoms with van der Waals surface area (Å²) in [5.74, 6) is 1.68. The average molecular weight is 269 g/mol. The van der Waals surface area contributed by atoms with Crippen LogP contribution in [-0.4, -0.2) is 6.61 Å². The quantitative estimate of drug-likeness (QED) is 0.870. The maximum absolute atomic E-state index is 5.89. The summed E-state index contributed by atoms with van der Waals surface area (Å²) in [6.45, 7) is 0.895. The largest absolute Gasteiger partial charge is 0.485 e. The first-order chi connectivity index (χ1) is 9.84. The Balaban J connectivity index is 1.84. The molecule has 2 aromatic rings. The van der Waals surface area contributed by atoms with Crippen molar-refractivity contribution in [1.29, 1.82) is 0 Å². The second-order valence-corrected chi connectivity index (χ2v) is 4.39. The summed E-state index contributed by atoms with van der Waals surface area (Å²) in [5.41, 5.74) is 7.51. The molecule has 1 heterocycles. The van der Waals surface area contributed by atoms with Gasteiger partial charge in [-0.25, -0.2) is 0 Å². The predicted molar refractivity (Wildman–Crippen MR) is 76.9 cm³/mol. The van der Waals surface area contributed by atoms with Crippen LogP contribution in [0.3, 0.4) is 0 Å². The first-order valence-electron chi connectivity index (χ1n) is 6.38. The number of benzene rings is 2. The number of anilines is 1. The molecule has 0 fully saturated rings. The maximum Gasteiger partial charge on any atom is 0.206 e. The van der Waals surface area contributed by atoms with Gasteiger partial charge in [-0.1, -0.05) is 30.3 Å². The van der Waals surface area contributed by atoms with E-state index in [4.69, 9.17) is 19.9 Å². The van der Waals surface area contributed by atoms with Crippen molar-refractivity contribution in [3.05, 3.63) is 60.4 Å². The molecular formula is C16H15NO3. The van der Waals surface area contributed by atoms with Crippen LogP contribution in [0.4, 0.5) is 5.69 Å². The Hall–Kier alpha value is -2.62. The van der Waals surface area contributed by atoms with E-state index in [9.17, 15) is 0 Å². The van der Waals surface area contributed by atoms with Gasteiger partial charge in [-0.15, -0.1) is 0 Å². The second-order valence-electron chi connectivity index (χ2n) is 4.39. The summed E-state index contributed by atoms with van der Waals surface area (Å²) in [6.07, 6.45) is 3.35. The lowest BCUT2D eigenvalue weighted by Gasteiger charge is -2.15. The molecule has 0 unspecified atom stereocenters. The van der Waals surface area contributed by atoms with Crippen LogP contribution in [0.1, 0.15) is 5.56 Å². The molecule has 0 saturated heterocycles. The molecule has 0 aromatic heterocycles. The lowest BCUT2D eigenvalue weighted by molar-refractivity contribution is 0.273. The Labute approximate surface area is 117 Å². The van der Waals surface area contributed by atoms with Gasteiger partial charge in [0, 0.05) is 0 Å². The third-order valence-corrected chi connectivity index (χ3v) is 2.95. The molecule has 20 heavy (non-hydrogen) atoms. The highest BCUT2D eigenvalue weighted by Crippen LogP contribution is 2.43. The summed E-state index contributed by atoms with van der Waals surface area (Å²) in [6, 6.07) is 13.5. The highest BCUT2D eigenvalue weighted by Gasteiger charge is 2.17. The molecule has 0 saturated carbocycles. The zero-order valence-electron chi connectivity index (χ0n) is 10.9. The van der Waals surface area contributed by atoms with Crippen molar-refractivity contribution < 1.29 is 14.2 Å². The Morgan fingerprint density at radius 2 is 1.90 bits per heavy atom. The van der Waals surface area contributed by atoms with Crippen molar-refractivity contribution in [3.8, 4) is 17.2 Å². The third-order valence-electron chi connectivity index (χ3n) is 2.95. The van der Waals surface area contributed by atoms with E-state index < -0.39 is 0 Å². The fourth-order valence-electron chi connectivity index (χ4n) is 1.95. The lowest BCUT2D eigenvalue weighted by atomic mass is 10.2. The first-order valence-corrected chi connectivity index (χ1v) is 6.38. The number of ether oxygens (including phenoxy) is 3. The van der Waals surface area contributed by atoms with Crippen LogP contribution >= 0.6 is 0 Å². The number of hydrogen-bond acceptors (Lipinski definition) is 4. The van der Waals surface area contributed by atoms with E-state index in [2.05, 4.69) is 0 Å². The van der Waals surface area contributed by atoms with E-state index in [1.165, 1.54) is 0 Å². The number of nitrogens with two attached hydrogens (primary N) is 1. The highest BCUT2D eigenvalue weighted by atomic mass is 16.5. The SMILES string of the molecule is Nc1ccc(OCc2ccccc2)c2c1OC=CCO2. The molecule has 4 heteroatoms. The molecule has 0 atom stereocenters. The van der Waals surface area contributed by atoms with Crippen LogP contribution in [0.15, 0.2) is 54.8 Å². The van der Waals surface area contributed by atoms with E-state index >= 15 is 0 Å². The van der Waals surface area contributed by atoms with Crippen molar-refractivity contribution in [2.75, 3.05) is 12.3 Å². The zero-order valence-corrected chi connectivity index (χ0v) is 10.9. The minimum absolute atomic E-state index is 0.429. The Kier molecular flexibility index (Phi) is 3.46. The van der Waals surface area contributed by atoms with E-state index in [0.717, 1.165) is 5.56 Å². The van der Waals surface area contributed by atoms with Gasteiger partial charge in [0.15, 0.2) is 11.5 Å². The molecule has 0 spiro atoms. The Bertz CT molecular complexity index is 623. The van der Waals surface area contributed by atoms with Gasteiger partial charge in [0.05, 0.1) is 11.9 Å². The summed E-state index contributed by atoms with van der Waals surface area (Å²) in [7, 11) is 0. The maximum atomic E-state index is 5.89. The Morgan fingerprint density at radius 1 is 1.05 bits per heavy atom. The van der Waals surface area contributed by atoms with Crippen LogP contribution in [-0.2, 0) is 6.61 Å². The fraction of sp³-hybridized carbons (Fsp3) is 0.125. The molecule has 3 rings (SSSR count). The lowest BCUT2D eigenvalue weighted by Crippen LogP contribution is -2.01. The smallest absolute Gasteiger partial charge is 0.206 e. The van der Waals surface area contributed by atoms with E-state index in [0.29, 0.717) is 36.1 Å². The van der Waals surface area contributed by atoms with Gasteiger partial charge in [0.2, 0.25) is 5.75 Å². The monoisotopic (exact) mass is 269 g/mol. The number of hydrogen-bond donors (Lipinski definition) is 1. The Morgan fingerprint density at radius 3 is 2.75 bits per heavy atom. The van der Waals surface area contributed by atoms with Gasteiger partial charge in [0.1, 0.15) is 13.2 Å². The minimum atomic E-state index is 0.429. The number of nitrogen functional groups attached to an aromatic ring is 1. The van der Waals surface area contributed by atoms with E-state index in [1.807, 2.05) is 30.3 Å². The van der Waals surface area contributed by atoms with E-state index in [1.54, 1.807) is 24.5 Å². The van der Waals surface area contributed by atoms with Gasteiger partial charge in [-0.2, -0.15) is 0 Å². The molecule has 1 aliphatic rings.